The summed E-state index contributed by atoms with van der Waals surface area (Å²) in [6, 6.07) is 26.8. The van der Waals surface area contributed by atoms with Gasteiger partial charge in [0, 0.05) is 22.9 Å². The molecule has 0 aromatic heterocycles. The van der Waals surface area contributed by atoms with Crippen LogP contribution in [0, 0.1) is 17.6 Å². The van der Waals surface area contributed by atoms with Gasteiger partial charge in [-0.05, 0) is 47.4 Å². The summed E-state index contributed by atoms with van der Waals surface area (Å²) in [5.41, 5.74) is 0.952. The summed E-state index contributed by atoms with van der Waals surface area (Å²) < 4.78 is 61.1. The summed E-state index contributed by atoms with van der Waals surface area (Å²) in [5.74, 6) is -5.92. The zero-order valence-electron chi connectivity index (χ0n) is 26.0. The maximum absolute atomic E-state index is 15.1. The Balaban J connectivity index is 1.41. The Bertz CT molecular complexity index is 1720. The van der Waals surface area contributed by atoms with Crippen molar-refractivity contribution in [2.75, 3.05) is 13.2 Å². The van der Waals surface area contributed by atoms with E-state index in [1.165, 1.54) is 12.1 Å². The summed E-state index contributed by atoms with van der Waals surface area (Å²) in [6.07, 6.45) is -1.80. The third-order valence-corrected chi connectivity index (χ3v) is 9.28. The minimum absolute atomic E-state index is 0.0638. The number of aliphatic carboxylic acids is 1. The van der Waals surface area contributed by atoms with E-state index in [1.54, 1.807) is 32.0 Å². The molecule has 0 amide bonds. The van der Waals surface area contributed by atoms with E-state index in [0.29, 0.717) is 16.1 Å². The van der Waals surface area contributed by atoms with Crippen molar-refractivity contribution in [2.24, 2.45) is 5.92 Å². The zero-order valence-corrected chi connectivity index (χ0v) is 26.7. The molecule has 0 unspecified atom stereocenters. The van der Waals surface area contributed by atoms with Gasteiger partial charge in [-0.1, -0.05) is 91.3 Å². The number of ether oxygens (including phenoxy) is 5. The van der Waals surface area contributed by atoms with Crippen molar-refractivity contribution in [2.45, 2.75) is 57.1 Å². The average molecular weight is 665 g/mol. The van der Waals surface area contributed by atoms with Crippen molar-refractivity contribution in [1.82, 2.24) is 0 Å². The molecule has 5 atom stereocenters. The van der Waals surface area contributed by atoms with Gasteiger partial charge >= 0.3 is 5.97 Å². The third kappa shape index (κ3) is 6.26. The molecule has 4 aromatic rings. The van der Waals surface area contributed by atoms with Crippen LogP contribution in [0.25, 0.3) is 0 Å². The summed E-state index contributed by atoms with van der Waals surface area (Å²) in [4.78, 5) is 12.9. The second kappa shape index (κ2) is 13.7. The summed E-state index contributed by atoms with van der Waals surface area (Å²) in [7, 11) is 0. The van der Waals surface area contributed by atoms with Gasteiger partial charge in [-0.15, -0.1) is 0 Å². The number of hydrogen-bond acceptors (Lipinski definition) is 6. The lowest BCUT2D eigenvalue weighted by Gasteiger charge is -2.49. The number of carbonyl (C=O) groups is 1. The first-order chi connectivity index (χ1) is 22.7. The highest BCUT2D eigenvalue weighted by Crippen LogP contribution is 2.54. The first-order valence-electron chi connectivity index (χ1n) is 15.5. The van der Waals surface area contributed by atoms with Crippen LogP contribution in [-0.2, 0) is 49.2 Å². The minimum atomic E-state index is -1.75. The molecule has 246 valence electrons. The Morgan fingerprint density at radius 1 is 0.915 bits per heavy atom. The molecule has 0 spiro atoms. The van der Waals surface area contributed by atoms with E-state index in [9.17, 15) is 14.3 Å². The molecule has 2 saturated heterocycles. The Morgan fingerprint density at radius 2 is 1.57 bits per heavy atom. The zero-order chi connectivity index (χ0) is 33.2. The quantitative estimate of drug-likeness (QED) is 0.168. The molecule has 2 fully saturated rings. The van der Waals surface area contributed by atoms with Gasteiger partial charge in [0.15, 0.2) is 17.2 Å². The topological polar surface area (TPSA) is 83.5 Å². The third-order valence-electron chi connectivity index (χ3n) is 8.91. The van der Waals surface area contributed by atoms with Gasteiger partial charge < -0.3 is 28.8 Å². The highest BCUT2D eigenvalue weighted by atomic mass is 35.5. The first kappa shape index (κ1) is 33.1. The lowest BCUT2D eigenvalue weighted by molar-refractivity contribution is -0.330. The molecule has 10 heteroatoms. The van der Waals surface area contributed by atoms with Gasteiger partial charge in [0.05, 0.1) is 32.5 Å². The highest BCUT2D eigenvalue weighted by molar-refractivity contribution is 6.31. The lowest BCUT2D eigenvalue weighted by Crippen LogP contribution is -2.64. The number of fused-ring (bicyclic) bond motifs is 2. The molecule has 2 aliphatic rings. The van der Waals surface area contributed by atoms with Crippen LogP contribution >= 0.6 is 11.6 Å². The second-order valence-corrected chi connectivity index (χ2v) is 12.2. The van der Waals surface area contributed by atoms with Gasteiger partial charge in [0.1, 0.15) is 6.10 Å². The molecule has 4 aromatic carbocycles. The van der Waals surface area contributed by atoms with Crippen LogP contribution < -0.4 is 4.74 Å². The number of rotatable bonds is 12. The van der Waals surface area contributed by atoms with Crippen molar-refractivity contribution < 1.29 is 42.4 Å². The molecule has 0 saturated carbocycles. The standard InChI is InChI=1S/C37H35ClF2O7/c1-3-43-30-17-14-26(31(39)32(30)40)18-27-19-28(15-16-29(27)38)37-34(45-21-25-12-8-5-9-13-25)33(44-20-24-10-6-4-7-11-24)23(2)36(47-37,22-46-37)35(41)42/h4-17,19,23,33-34H,3,18,20-22H2,1-2H3,(H,41,42)/t23-,33-,34+,36-,37-/m0/s1. The van der Waals surface area contributed by atoms with Gasteiger partial charge in [-0.2, -0.15) is 4.39 Å². The molecular weight excluding hydrogens is 630 g/mol. The number of carboxylic acid groups (broad SMARTS) is 1. The monoisotopic (exact) mass is 664 g/mol. The molecule has 7 nitrogen and oxygen atoms in total. The van der Waals surface area contributed by atoms with Gasteiger partial charge in [-0.25, -0.2) is 9.18 Å². The molecule has 6 rings (SSSR count). The van der Waals surface area contributed by atoms with E-state index in [0.717, 1.165) is 11.1 Å². The van der Waals surface area contributed by atoms with Crippen molar-refractivity contribution in [3.8, 4) is 5.75 Å². The van der Waals surface area contributed by atoms with Gasteiger partial charge in [0.25, 0.3) is 0 Å². The van der Waals surface area contributed by atoms with Crippen LogP contribution in [-0.4, -0.2) is 42.1 Å². The average Bonchev–Trinajstić information content (AvgIpc) is 3.47. The van der Waals surface area contributed by atoms with Gasteiger partial charge in [-0.3, -0.25) is 0 Å². The predicted octanol–water partition coefficient (Wildman–Crippen LogP) is 7.45. The van der Waals surface area contributed by atoms with E-state index < -0.39 is 47.1 Å². The fourth-order valence-electron chi connectivity index (χ4n) is 6.33. The fourth-order valence-corrected chi connectivity index (χ4v) is 6.51. The van der Waals surface area contributed by atoms with Crippen LogP contribution in [0.2, 0.25) is 5.02 Å². The van der Waals surface area contributed by atoms with Crippen molar-refractivity contribution in [3.05, 3.63) is 135 Å². The number of halogens is 3. The smallest absolute Gasteiger partial charge is 0.338 e. The largest absolute Gasteiger partial charge is 0.491 e. The van der Waals surface area contributed by atoms with Gasteiger partial charge in [0.2, 0.25) is 11.6 Å². The maximum Gasteiger partial charge on any atom is 0.338 e. The van der Waals surface area contributed by atoms with Crippen molar-refractivity contribution in [1.29, 1.82) is 0 Å². The maximum atomic E-state index is 15.1. The molecule has 1 N–H and O–H groups in total. The minimum Gasteiger partial charge on any atom is -0.491 e. The first-order valence-corrected chi connectivity index (χ1v) is 15.8. The number of hydrogen-bond donors (Lipinski definition) is 1. The van der Waals surface area contributed by atoms with Crippen molar-refractivity contribution >= 4 is 17.6 Å². The fraction of sp³-hybridized carbons (Fsp3) is 0.324. The lowest BCUT2D eigenvalue weighted by atomic mass is 9.77. The molecule has 47 heavy (non-hydrogen) atoms. The van der Waals surface area contributed by atoms with Crippen LogP contribution in [0.5, 0.6) is 5.75 Å². The number of benzene rings is 4. The molecule has 2 heterocycles. The van der Waals surface area contributed by atoms with Crippen LogP contribution in [0.4, 0.5) is 8.78 Å². The SMILES string of the molecule is CCOc1ccc(Cc2cc([C@]34OC[C@](C(=O)O)(O3)[C@@H](C)[C@H](OCc3ccccc3)[C@H]4OCc3ccccc3)ccc2Cl)c(F)c1F. The highest BCUT2D eigenvalue weighted by Gasteiger charge is 2.70. The Morgan fingerprint density at radius 3 is 2.21 bits per heavy atom. The molecule has 2 bridgehead atoms. The van der Waals surface area contributed by atoms with Crippen molar-refractivity contribution in [3.63, 3.8) is 0 Å². The summed E-state index contributed by atoms with van der Waals surface area (Å²) >= 11 is 6.61. The van der Waals surface area contributed by atoms with E-state index in [-0.39, 0.29) is 44.2 Å². The Labute approximate surface area is 276 Å². The Hall–Kier alpha value is -3.86. The molecule has 0 aliphatic carbocycles. The van der Waals surface area contributed by atoms with Crippen LogP contribution in [0.3, 0.4) is 0 Å². The summed E-state index contributed by atoms with van der Waals surface area (Å²) in [5, 5.41) is 10.8. The molecule has 0 radical (unpaired) electrons. The molecule has 2 aliphatic heterocycles. The normalized spacial score (nSPS) is 25.1. The second-order valence-electron chi connectivity index (χ2n) is 11.8. The van der Waals surface area contributed by atoms with Crippen LogP contribution in [0.15, 0.2) is 91.0 Å². The van der Waals surface area contributed by atoms with Crippen LogP contribution in [0.1, 0.15) is 41.7 Å². The predicted molar refractivity (Wildman–Crippen MR) is 170 cm³/mol. The van der Waals surface area contributed by atoms with E-state index in [4.69, 9.17) is 35.3 Å². The van der Waals surface area contributed by atoms with E-state index in [2.05, 4.69) is 0 Å². The van der Waals surface area contributed by atoms with E-state index >= 15 is 4.39 Å². The summed E-state index contributed by atoms with van der Waals surface area (Å²) in [6.45, 7) is 3.72. The van der Waals surface area contributed by atoms with E-state index in [1.807, 2.05) is 60.7 Å². The number of carboxylic acids is 1. The Kier molecular flexibility index (Phi) is 9.64. The molecular formula is C37H35ClF2O7.